The highest BCUT2D eigenvalue weighted by Gasteiger charge is 2.09. The Balaban J connectivity index is 3.10. The van der Waals surface area contributed by atoms with Crippen LogP contribution < -0.4 is 11.5 Å². The Morgan fingerprint density at radius 3 is 2.54 bits per heavy atom. The lowest BCUT2D eigenvalue weighted by molar-refractivity contribution is -0.136. The standard InChI is InChI=1S/C8H9ClN2O2/c9-5-2-1-4(3-6(12)13)7(10)8(5)11/h1-2H,3,10-11H2,(H,12,13). The second-order valence-electron chi connectivity index (χ2n) is 2.60. The van der Waals surface area contributed by atoms with Crippen molar-refractivity contribution in [3.05, 3.63) is 22.7 Å². The highest BCUT2D eigenvalue weighted by Crippen LogP contribution is 2.28. The van der Waals surface area contributed by atoms with Gasteiger partial charge in [-0.15, -0.1) is 0 Å². The van der Waals surface area contributed by atoms with Gasteiger partial charge in [0, 0.05) is 0 Å². The molecule has 13 heavy (non-hydrogen) atoms. The Labute approximate surface area is 80.1 Å². The number of benzene rings is 1. The number of hydrogen-bond donors (Lipinski definition) is 3. The fourth-order valence-corrected chi connectivity index (χ4v) is 1.14. The van der Waals surface area contributed by atoms with Crippen molar-refractivity contribution >= 4 is 28.9 Å². The van der Waals surface area contributed by atoms with Gasteiger partial charge >= 0.3 is 5.97 Å². The molecule has 0 fully saturated rings. The fourth-order valence-electron chi connectivity index (χ4n) is 0.972. The summed E-state index contributed by atoms with van der Waals surface area (Å²) in [4.78, 5) is 10.4. The number of carbonyl (C=O) groups is 1. The van der Waals surface area contributed by atoms with Crippen LogP contribution in [0.4, 0.5) is 11.4 Å². The third-order valence-electron chi connectivity index (χ3n) is 1.67. The summed E-state index contributed by atoms with van der Waals surface area (Å²) in [5, 5.41) is 8.86. The number of hydrogen-bond acceptors (Lipinski definition) is 3. The van der Waals surface area contributed by atoms with E-state index in [1.807, 2.05) is 0 Å². The second kappa shape index (κ2) is 3.53. The number of anilines is 2. The first kappa shape index (κ1) is 9.67. The van der Waals surface area contributed by atoms with Gasteiger partial charge in [0.15, 0.2) is 0 Å². The van der Waals surface area contributed by atoms with Gasteiger partial charge in [0.1, 0.15) is 0 Å². The molecule has 1 rings (SSSR count). The van der Waals surface area contributed by atoms with E-state index in [0.29, 0.717) is 10.6 Å². The van der Waals surface area contributed by atoms with Crippen LogP contribution in [0, 0.1) is 0 Å². The quantitative estimate of drug-likeness (QED) is 0.625. The van der Waals surface area contributed by atoms with Crippen LogP contribution in [0.15, 0.2) is 12.1 Å². The molecule has 0 spiro atoms. The van der Waals surface area contributed by atoms with Crippen LogP contribution in [0.5, 0.6) is 0 Å². The molecule has 0 radical (unpaired) electrons. The Morgan fingerprint density at radius 2 is 2.00 bits per heavy atom. The van der Waals surface area contributed by atoms with Crippen LogP contribution in [0.2, 0.25) is 5.02 Å². The first-order valence-electron chi connectivity index (χ1n) is 3.56. The summed E-state index contributed by atoms with van der Waals surface area (Å²) in [5.74, 6) is -0.951. The third-order valence-corrected chi connectivity index (χ3v) is 2.00. The molecule has 0 heterocycles. The van der Waals surface area contributed by atoms with Crippen LogP contribution in [-0.2, 0) is 11.2 Å². The number of rotatable bonds is 2. The van der Waals surface area contributed by atoms with Crippen LogP contribution in [0.3, 0.4) is 0 Å². The smallest absolute Gasteiger partial charge is 0.307 e. The van der Waals surface area contributed by atoms with E-state index < -0.39 is 5.97 Å². The molecule has 0 aliphatic heterocycles. The van der Waals surface area contributed by atoms with Crippen LogP contribution in [-0.4, -0.2) is 11.1 Å². The zero-order valence-corrected chi connectivity index (χ0v) is 7.51. The predicted octanol–water partition coefficient (Wildman–Crippen LogP) is 1.13. The highest BCUT2D eigenvalue weighted by molar-refractivity contribution is 6.33. The number of carboxylic acids is 1. The van der Waals surface area contributed by atoms with E-state index in [-0.39, 0.29) is 17.8 Å². The van der Waals surface area contributed by atoms with Crippen LogP contribution in [0.25, 0.3) is 0 Å². The van der Waals surface area contributed by atoms with Crippen molar-refractivity contribution in [2.75, 3.05) is 11.5 Å². The average molecular weight is 201 g/mol. The van der Waals surface area contributed by atoms with Crippen LogP contribution in [0.1, 0.15) is 5.56 Å². The zero-order chi connectivity index (χ0) is 10.0. The van der Waals surface area contributed by atoms with Gasteiger partial charge < -0.3 is 16.6 Å². The minimum absolute atomic E-state index is 0.146. The molecule has 0 bridgehead atoms. The lowest BCUT2D eigenvalue weighted by atomic mass is 10.1. The van der Waals surface area contributed by atoms with Gasteiger partial charge in [-0.2, -0.15) is 0 Å². The van der Waals surface area contributed by atoms with Gasteiger partial charge in [0.25, 0.3) is 0 Å². The molecule has 0 aliphatic rings. The molecule has 0 amide bonds. The molecule has 0 saturated carbocycles. The van der Waals surface area contributed by atoms with Gasteiger partial charge in [-0.05, 0) is 11.6 Å². The van der Waals surface area contributed by atoms with E-state index in [4.69, 9.17) is 28.2 Å². The molecule has 5 heteroatoms. The molecule has 0 saturated heterocycles. The lowest BCUT2D eigenvalue weighted by Crippen LogP contribution is -2.06. The maximum Gasteiger partial charge on any atom is 0.307 e. The third kappa shape index (κ3) is 2.03. The molecule has 0 aliphatic carbocycles. The Kier molecular flexibility index (Phi) is 2.63. The topological polar surface area (TPSA) is 89.3 Å². The van der Waals surface area contributed by atoms with E-state index in [9.17, 15) is 4.79 Å². The molecule has 1 aromatic rings. The Bertz CT molecular complexity index is 352. The molecule has 5 N–H and O–H groups in total. The summed E-state index contributed by atoms with van der Waals surface area (Å²) in [5.41, 5.74) is 12.0. The Morgan fingerprint density at radius 1 is 1.38 bits per heavy atom. The maximum absolute atomic E-state index is 10.4. The molecule has 0 atom stereocenters. The number of halogens is 1. The average Bonchev–Trinajstić information content (AvgIpc) is 2.06. The minimum atomic E-state index is -0.951. The molecule has 70 valence electrons. The molecular formula is C8H9ClN2O2. The van der Waals surface area contributed by atoms with Crippen molar-refractivity contribution in [3.8, 4) is 0 Å². The van der Waals surface area contributed by atoms with Crippen molar-refractivity contribution < 1.29 is 9.90 Å². The molecule has 0 aromatic heterocycles. The fraction of sp³-hybridized carbons (Fsp3) is 0.125. The number of carboxylic acid groups (broad SMARTS) is 1. The molecule has 1 aromatic carbocycles. The summed E-state index contributed by atoms with van der Waals surface area (Å²) in [6.07, 6.45) is -0.146. The van der Waals surface area contributed by atoms with Gasteiger partial charge in [0.2, 0.25) is 0 Å². The van der Waals surface area contributed by atoms with Gasteiger partial charge in [-0.25, -0.2) is 0 Å². The van der Waals surface area contributed by atoms with Crippen LogP contribution >= 0.6 is 11.6 Å². The first-order valence-corrected chi connectivity index (χ1v) is 3.94. The van der Waals surface area contributed by atoms with Gasteiger partial charge in [0.05, 0.1) is 22.8 Å². The zero-order valence-electron chi connectivity index (χ0n) is 6.75. The van der Waals surface area contributed by atoms with Crippen molar-refractivity contribution in [2.24, 2.45) is 0 Å². The largest absolute Gasteiger partial charge is 0.481 e. The molecule has 0 unspecified atom stereocenters. The first-order chi connectivity index (χ1) is 6.02. The minimum Gasteiger partial charge on any atom is -0.481 e. The van der Waals surface area contributed by atoms with Gasteiger partial charge in [-0.1, -0.05) is 17.7 Å². The maximum atomic E-state index is 10.4. The summed E-state index contributed by atoms with van der Waals surface area (Å²) < 4.78 is 0. The molecule has 4 nitrogen and oxygen atoms in total. The normalized spacial score (nSPS) is 9.92. The predicted molar refractivity (Wildman–Crippen MR) is 51.6 cm³/mol. The van der Waals surface area contributed by atoms with E-state index >= 15 is 0 Å². The van der Waals surface area contributed by atoms with Crippen molar-refractivity contribution in [2.45, 2.75) is 6.42 Å². The second-order valence-corrected chi connectivity index (χ2v) is 3.01. The van der Waals surface area contributed by atoms with Crippen molar-refractivity contribution in [3.63, 3.8) is 0 Å². The monoisotopic (exact) mass is 200 g/mol. The van der Waals surface area contributed by atoms with E-state index in [1.54, 1.807) is 6.07 Å². The summed E-state index contributed by atoms with van der Waals surface area (Å²) >= 11 is 5.67. The lowest BCUT2D eigenvalue weighted by Gasteiger charge is -2.07. The Hall–Kier alpha value is -1.42. The number of aliphatic carboxylic acids is 1. The number of nitrogens with two attached hydrogens (primary N) is 2. The summed E-state index contributed by atoms with van der Waals surface area (Å²) in [6.45, 7) is 0. The van der Waals surface area contributed by atoms with E-state index in [2.05, 4.69) is 0 Å². The van der Waals surface area contributed by atoms with Crippen molar-refractivity contribution in [1.29, 1.82) is 0 Å². The van der Waals surface area contributed by atoms with E-state index in [0.717, 1.165) is 0 Å². The molecular weight excluding hydrogens is 192 g/mol. The SMILES string of the molecule is Nc1c(Cl)ccc(CC(=O)O)c1N. The summed E-state index contributed by atoms with van der Waals surface area (Å²) in [6, 6.07) is 3.09. The van der Waals surface area contributed by atoms with Gasteiger partial charge in [-0.3, -0.25) is 4.79 Å². The summed E-state index contributed by atoms with van der Waals surface area (Å²) in [7, 11) is 0. The van der Waals surface area contributed by atoms with Crippen molar-refractivity contribution in [1.82, 2.24) is 0 Å². The highest BCUT2D eigenvalue weighted by atomic mass is 35.5. The van der Waals surface area contributed by atoms with E-state index in [1.165, 1.54) is 6.07 Å². The number of nitrogen functional groups attached to an aromatic ring is 2.